The molecule has 1 aliphatic heterocycles. The molecule has 5 heteroatoms. The highest BCUT2D eigenvalue weighted by Crippen LogP contribution is 2.19. The van der Waals surface area contributed by atoms with Crippen molar-refractivity contribution < 1.29 is 0 Å². The lowest BCUT2D eigenvalue weighted by atomic mass is 10.4. The van der Waals surface area contributed by atoms with E-state index in [0.29, 0.717) is 3.57 Å². The summed E-state index contributed by atoms with van der Waals surface area (Å²) in [6, 6.07) is 0. The third-order valence-corrected chi connectivity index (χ3v) is 3.16. The van der Waals surface area contributed by atoms with E-state index in [0.717, 1.165) is 18.9 Å². The number of H-pyrrole nitrogens is 1. The summed E-state index contributed by atoms with van der Waals surface area (Å²) in [6.45, 7) is 2.04. The van der Waals surface area contributed by atoms with Crippen LogP contribution in [-0.4, -0.2) is 23.1 Å². The van der Waals surface area contributed by atoms with Gasteiger partial charge in [0.05, 0.1) is 6.33 Å². The number of aromatic amines is 1. The van der Waals surface area contributed by atoms with Crippen molar-refractivity contribution in [3.63, 3.8) is 0 Å². The zero-order valence-corrected chi connectivity index (χ0v) is 9.24. The molecule has 0 atom stereocenters. The van der Waals surface area contributed by atoms with Crippen molar-refractivity contribution in [3.8, 4) is 0 Å². The van der Waals surface area contributed by atoms with Crippen LogP contribution in [0, 0.1) is 3.57 Å². The van der Waals surface area contributed by atoms with Crippen LogP contribution in [0.3, 0.4) is 0 Å². The van der Waals surface area contributed by atoms with Crippen LogP contribution < -0.4 is 10.5 Å². The lowest BCUT2D eigenvalue weighted by molar-refractivity contribution is 0.912. The highest BCUT2D eigenvalue weighted by atomic mass is 127. The van der Waals surface area contributed by atoms with E-state index in [4.69, 9.17) is 0 Å². The van der Waals surface area contributed by atoms with E-state index in [1.165, 1.54) is 19.2 Å². The first-order chi connectivity index (χ1) is 6.29. The lowest BCUT2D eigenvalue weighted by Crippen LogP contribution is -2.24. The monoisotopic (exact) mass is 291 g/mol. The van der Waals surface area contributed by atoms with Gasteiger partial charge in [0.2, 0.25) is 0 Å². The Bertz CT molecular complexity index is 357. The van der Waals surface area contributed by atoms with Gasteiger partial charge in [-0.25, -0.2) is 4.98 Å². The van der Waals surface area contributed by atoms with Crippen LogP contribution in [-0.2, 0) is 0 Å². The minimum atomic E-state index is -0.0440. The number of nitrogens with zero attached hydrogens (tertiary/aromatic N) is 2. The normalized spacial score (nSPS) is 16.5. The Labute approximate surface area is 89.5 Å². The van der Waals surface area contributed by atoms with Gasteiger partial charge in [0.15, 0.2) is 0 Å². The molecule has 0 amide bonds. The minimum absolute atomic E-state index is 0.0440. The second-order valence-electron chi connectivity index (χ2n) is 3.06. The van der Waals surface area contributed by atoms with Gasteiger partial charge >= 0.3 is 0 Å². The number of anilines is 1. The molecule has 0 spiro atoms. The highest BCUT2D eigenvalue weighted by Gasteiger charge is 2.17. The second-order valence-corrected chi connectivity index (χ2v) is 4.14. The van der Waals surface area contributed by atoms with Gasteiger partial charge in [0.1, 0.15) is 9.39 Å². The van der Waals surface area contributed by atoms with Gasteiger partial charge in [0.25, 0.3) is 5.56 Å². The van der Waals surface area contributed by atoms with Crippen LogP contribution in [0.5, 0.6) is 0 Å². The lowest BCUT2D eigenvalue weighted by Gasteiger charge is -2.16. The summed E-state index contributed by atoms with van der Waals surface area (Å²) in [7, 11) is 0. The minimum Gasteiger partial charge on any atom is -0.356 e. The van der Waals surface area contributed by atoms with Gasteiger partial charge in [-0.05, 0) is 35.4 Å². The van der Waals surface area contributed by atoms with E-state index in [1.807, 2.05) is 22.6 Å². The van der Waals surface area contributed by atoms with Crippen LogP contribution in [0.15, 0.2) is 11.1 Å². The van der Waals surface area contributed by atoms with E-state index in [9.17, 15) is 4.79 Å². The standard InChI is InChI=1S/C8H10IN3O/c9-6-7(10-5-11-8(6)13)12-3-1-2-4-12/h5H,1-4H2,(H,10,11,13). The first-order valence-electron chi connectivity index (χ1n) is 4.27. The Morgan fingerprint density at radius 1 is 1.46 bits per heavy atom. The zero-order valence-electron chi connectivity index (χ0n) is 7.09. The molecule has 13 heavy (non-hydrogen) atoms. The number of rotatable bonds is 1. The molecule has 0 unspecified atom stereocenters. The molecule has 0 radical (unpaired) electrons. The molecule has 1 aliphatic rings. The number of aromatic nitrogens is 2. The van der Waals surface area contributed by atoms with Gasteiger partial charge in [-0.2, -0.15) is 0 Å². The summed E-state index contributed by atoms with van der Waals surface area (Å²) in [5.74, 6) is 0.835. The van der Waals surface area contributed by atoms with Crippen LogP contribution in [0.1, 0.15) is 12.8 Å². The van der Waals surface area contributed by atoms with Crippen LogP contribution in [0.2, 0.25) is 0 Å². The van der Waals surface area contributed by atoms with Crippen molar-refractivity contribution in [2.24, 2.45) is 0 Å². The van der Waals surface area contributed by atoms with E-state index in [2.05, 4.69) is 14.9 Å². The molecule has 1 aromatic rings. The number of hydrogen-bond acceptors (Lipinski definition) is 3. The van der Waals surface area contributed by atoms with Crippen molar-refractivity contribution >= 4 is 28.4 Å². The van der Waals surface area contributed by atoms with Crippen molar-refractivity contribution in [2.45, 2.75) is 12.8 Å². The van der Waals surface area contributed by atoms with Gasteiger partial charge in [-0.1, -0.05) is 0 Å². The fraction of sp³-hybridized carbons (Fsp3) is 0.500. The average Bonchev–Trinajstić information content (AvgIpc) is 2.62. The number of nitrogens with one attached hydrogen (secondary N) is 1. The van der Waals surface area contributed by atoms with E-state index in [1.54, 1.807) is 0 Å². The van der Waals surface area contributed by atoms with Gasteiger partial charge in [-0.15, -0.1) is 0 Å². The van der Waals surface area contributed by atoms with Crippen LogP contribution in [0.25, 0.3) is 0 Å². The Kier molecular flexibility index (Phi) is 2.52. The molecule has 1 N–H and O–H groups in total. The third-order valence-electron chi connectivity index (χ3n) is 2.18. The molecule has 1 fully saturated rings. The third kappa shape index (κ3) is 1.70. The topological polar surface area (TPSA) is 49.0 Å². The molecule has 4 nitrogen and oxygen atoms in total. The largest absolute Gasteiger partial charge is 0.356 e. The average molecular weight is 291 g/mol. The summed E-state index contributed by atoms with van der Waals surface area (Å²) in [5, 5.41) is 0. The van der Waals surface area contributed by atoms with Gasteiger partial charge < -0.3 is 9.88 Å². The van der Waals surface area contributed by atoms with Gasteiger partial charge in [0, 0.05) is 13.1 Å². The number of halogens is 1. The van der Waals surface area contributed by atoms with Crippen molar-refractivity contribution in [3.05, 3.63) is 20.3 Å². The zero-order chi connectivity index (χ0) is 9.26. The van der Waals surface area contributed by atoms with Crippen LogP contribution >= 0.6 is 22.6 Å². The molecule has 0 aliphatic carbocycles. The van der Waals surface area contributed by atoms with E-state index >= 15 is 0 Å². The fourth-order valence-electron chi connectivity index (χ4n) is 1.52. The van der Waals surface area contributed by atoms with E-state index < -0.39 is 0 Å². The molecule has 0 saturated carbocycles. The molecular formula is C8H10IN3O. The second kappa shape index (κ2) is 3.65. The summed E-state index contributed by atoms with van der Waals surface area (Å²) >= 11 is 2.05. The molecule has 0 bridgehead atoms. The Morgan fingerprint density at radius 3 is 2.85 bits per heavy atom. The predicted molar refractivity (Wildman–Crippen MR) is 59.0 cm³/mol. The maximum Gasteiger partial charge on any atom is 0.266 e. The summed E-state index contributed by atoms with van der Waals surface area (Å²) in [5.41, 5.74) is -0.0440. The predicted octanol–water partition coefficient (Wildman–Crippen LogP) is 0.975. The molecule has 1 aromatic heterocycles. The molecule has 2 rings (SSSR count). The molecule has 0 aromatic carbocycles. The maximum absolute atomic E-state index is 11.3. The van der Waals surface area contributed by atoms with Crippen molar-refractivity contribution in [1.82, 2.24) is 9.97 Å². The smallest absolute Gasteiger partial charge is 0.266 e. The van der Waals surface area contributed by atoms with Crippen molar-refractivity contribution in [2.75, 3.05) is 18.0 Å². The highest BCUT2D eigenvalue weighted by molar-refractivity contribution is 14.1. The first-order valence-corrected chi connectivity index (χ1v) is 5.35. The Hall–Kier alpha value is -0.590. The van der Waals surface area contributed by atoms with Crippen molar-refractivity contribution in [1.29, 1.82) is 0 Å². The first kappa shape index (κ1) is 8.98. The van der Waals surface area contributed by atoms with Crippen LogP contribution in [0.4, 0.5) is 5.82 Å². The summed E-state index contributed by atoms with van der Waals surface area (Å²) < 4.78 is 0.696. The maximum atomic E-state index is 11.3. The molecular weight excluding hydrogens is 281 g/mol. The number of hydrogen-bond donors (Lipinski definition) is 1. The molecule has 2 heterocycles. The fourth-order valence-corrected chi connectivity index (χ4v) is 2.16. The Morgan fingerprint density at radius 2 is 2.15 bits per heavy atom. The SMILES string of the molecule is O=c1[nH]cnc(N2CCCC2)c1I. The molecule has 70 valence electrons. The quantitative estimate of drug-likeness (QED) is 0.785. The Balaban J connectivity index is 2.39. The summed E-state index contributed by atoms with van der Waals surface area (Å²) in [4.78, 5) is 20.2. The van der Waals surface area contributed by atoms with Gasteiger partial charge in [-0.3, -0.25) is 4.79 Å². The molecule has 1 saturated heterocycles. The summed E-state index contributed by atoms with van der Waals surface area (Å²) in [6.07, 6.45) is 3.87. The van der Waals surface area contributed by atoms with E-state index in [-0.39, 0.29) is 5.56 Å².